The van der Waals surface area contributed by atoms with Crippen LogP contribution in [-0.4, -0.2) is 17.0 Å². The lowest BCUT2D eigenvalue weighted by molar-refractivity contribution is 0.420. The van der Waals surface area contributed by atoms with E-state index in [1.54, 1.807) is 12.3 Å². The molecular weight excluding hydrogens is 382 g/mol. The highest BCUT2D eigenvalue weighted by Crippen LogP contribution is 2.39. The number of nitrogen functional groups attached to an aromatic ring is 1. The highest BCUT2D eigenvalue weighted by atomic mass is 32.1. The third-order valence-corrected chi connectivity index (χ3v) is 5.29. The van der Waals surface area contributed by atoms with E-state index in [9.17, 15) is 8.78 Å². The van der Waals surface area contributed by atoms with Crippen LogP contribution in [0, 0.1) is 11.6 Å². The molecular formula is C20H16F2N4OS. The minimum Gasteiger partial charge on any atom is -0.453 e. The Bertz CT molecular complexity index is 1150. The maximum Gasteiger partial charge on any atom is 0.203 e. The minimum absolute atomic E-state index is 0.233. The average Bonchev–Trinajstić information content (AvgIpc) is 3.14. The van der Waals surface area contributed by atoms with E-state index in [4.69, 9.17) is 10.5 Å². The molecule has 0 aliphatic heterocycles. The molecule has 28 heavy (non-hydrogen) atoms. The summed E-state index contributed by atoms with van der Waals surface area (Å²) < 4.78 is 34.2. The molecule has 1 aromatic carbocycles. The summed E-state index contributed by atoms with van der Waals surface area (Å²) in [6, 6.07) is 10.0. The first-order valence-electron chi connectivity index (χ1n) is 8.46. The second kappa shape index (κ2) is 7.49. The molecule has 0 spiro atoms. The molecule has 5 nitrogen and oxygen atoms in total. The predicted molar refractivity (Wildman–Crippen MR) is 106 cm³/mol. The third-order valence-electron chi connectivity index (χ3n) is 4.13. The molecule has 3 heterocycles. The molecule has 4 rings (SSSR count). The summed E-state index contributed by atoms with van der Waals surface area (Å²) >= 11 is 1.42. The number of pyridine rings is 2. The van der Waals surface area contributed by atoms with E-state index in [1.165, 1.54) is 23.5 Å². The van der Waals surface area contributed by atoms with Crippen molar-refractivity contribution < 1.29 is 13.5 Å². The number of nitrogens with one attached hydrogen (secondary N) is 1. The number of thiophene rings is 1. The first-order valence-corrected chi connectivity index (χ1v) is 9.28. The van der Waals surface area contributed by atoms with Crippen LogP contribution in [0.25, 0.3) is 20.8 Å². The number of nitrogens with two attached hydrogens (primary N) is 1. The van der Waals surface area contributed by atoms with Gasteiger partial charge in [0.15, 0.2) is 11.6 Å². The van der Waals surface area contributed by atoms with Crippen LogP contribution in [-0.2, 0) is 6.54 Å². The molecule has 0 unspecified atom stereocenters. The molecule has 0 fully saturated rings. The number of halogens is 2. The summed E-state index contributed by atoms with van der Waals surface area (Å²) in [6.45, 7) is 0.739. The van der Waals surface area contributed by atoms with Crippen LogP contribution in [0.5, 0.6) is 11.5 Å². The number of benzene rings is 1. The Morgan fingerprint density at radius 1 is 1.07 bits per heavy atom. The van der Waals surface area contributed by atoms with Crippen LogP contribution in [0.15, 0.2) is 48.8 Å². The van der Waals surface area contributed by atoms with Crippen molar-refractivity contribution in [3.05, 3.63) is 66.0 Å². The monoisotopic (exact) mass is 398 g/mol. The molecule has 4 aromatic rings. The predicted octanol–water partition coefficient (Wildman–Crippen LogP) is 4.73. The number of ether oxygens (including phenoxy) is 1. The molecule has 0 atom stereocenters. The Hall–Kier alpha value is -3.10. The number of hydrogen-bond acceptors (Lipinski definition) is 6. The van der Waals surface area contributed by atoms with Crippen molar-refractivity contribution in [1.82, 2.24) is 15.3 Å². The molecule has 3 aromatic heterocycles. The van der Waals surface area contributed by atoms with Crippen molar-refractivity contribution in [2.45, 2.75) is 6.54 Å². The molecule has 0 bridgehead atoms. The summed E-state index contributed by atoms with van der Waals surface area (Å²) in [5, 5.41) is 3.08. The highest BCUT2D eigenvalue weighted by molar-refractivity contribution is 7.22. The Balaban J connectivity index is 1.70. The van der Waals surface area contributed by atoms with Crippen molar-refractivity contribution >= 4 is 27.2 Å². The molecule has 0 saturated carbocycles. The molecule has 3 N–H and O–H groups in total. The molecule has 142 valence electrons. The number of fused-ring (bicyclic) bond motifs is 1. The summed E-state index contributed by atoms with van der Waals surface area (Å²) in [4.78, 5) is 9.73. The molecule has 0 aliphatic rings. The van der Waals surface area contributed by atoms with Crippen molar-refractivity contribution in [2.24, 2.45) is 0 Å². The van der Waals surface area contributed by atoms with Crippen molar-refractivity contribution in [3.8, 4) is 22.1 Å². The van der Waals surface area contributed by atoms with E-state index >= 15 is 0 Å². The summed E-state index contributed by atoms with van der Waals surface area (Å²) in [5.41, 5.74) is 7.69. The molecule has 0 radical (unpaired) electrons. The van der Waals surface area contributed by atoms with Gasteiger partial charge >= 0.3 is 0 Å². The first kappa shape index (κ1) is 18.3. The van der Waals surface area contributed by atoms with Crippen LogP contribution < -0.4 is 15.8 Å². The van der Waals surface area contributed by atoms with Crippen LogP contribution in [0.4, 0.5) is 14.5 Å². The van der Waals surface area contributed by atoms with Gasteiger partial charge in [-0.05, 0) is 36.9 Å². The molecule has 8 heteroatoms. The van der Waals surface area contributed by atoms with Gasteiger partial charge in [-0.25, -0.2) is 4.39 Å². The first-order chi connectivity index (χ1) is 13.6. The van der Waals surface area contributed by atoms with Crippen molar-refractivity contribution in [1.29, 1.82) is 0 Å². The van der Waals surface area contributed by atoms with Crippen LogP contribution >= 0.6 is 11.3 Å². The van der Waals surface area contributed by atoms with Crippen molar-refractivity contribution in [3.63, 3.8) is 0 Å². The quantitative estimate of drug-likeness (QED) is 0.476. The second-order valence-electron chi connectivity index (χ2n) is 6.10. The lowest BCUT2D eigenvalue weighted by atomic mass is 10.2. The van der Waals surface area contributed by atoms with E-state index < -0.39 is 11.6 Å². The standard InChI is InChI=1S/C20H16F2N4OS/c1-24-9-11-2-4-13(26-10-11)17-8-14-20(28-17)16(6-7-25-14)27-15-5-3-12(23)18(21)19(15)22/h2-8,10,24H,9,23H2,1H3. The fraction of sp³-hybridized carbons (Fsp3) is 0.100. The van der Waals surface area contributed by atoms with Crippen LogP contribution in [0.3, 0.4) is 0 Å². The van der Waals surface area contributed by atoms with Crippen LogP contribution in [0.2, 0.25) is 0 Å². The highest BCUT2D eigenvalue weighted by Gasteiger charge is 2.16. The Kier molecular flexibility index (Phi) is 4.89. The normalized spacial score (nSPS) is 11.1. The lowest BCUT2D eigenvalue weighted by Crippen LogP contribution is -2.04. The van der Waals surface area contributed by atoms with Gasteiger partial charge in [0.2, 0.25) is 5.82 Å². The van der Waals surface area contributed by atoms with Gasteiger partial charge in [-0.15, -0.1) is 11.3 Å². The Labute approximate surface area is 163 Å². The zero-order valence-corrected chi connectivity index (χ0v) is 15.7. The topological polar surface area (TPSA) is 73.1 Å². The third kappa shape index (κ3) is 3.39. The van der Waals surface area contributed by atoms with Crippen molar-refractivity contribution in [2.75, 3.05) is 12.8 Å². The van der Waals surface area contributed by atoms with Gasteiger partial charge in [-0.3, -0.25) is 9.97 Å². The van der Waals surface area contributed by atoms with Gasteiger partial charge in [-0.1, -0.05) is 6.07 Å². The zero-order valence-electron chi connectivity index (χ0n) is 14.9. The van der Waals surface area contributed by atoms with E-state index in [2.05, 4.69) is 15.3 Å². The Morgan fingerprint density at radius 2 is 1.93 bits per heavy atom. The number of aromatic nitrogens is 2. The zero-order chi connectivity index (χ0) is 19.7. The maximum atomic E-state index is 14.1. The minimum atomic E-state index is -1.12. The van der Waals surface area contributed by atoms with Gasteiger partial charge in [0.05, 0.1) is 26.5 Å². The van der Waals surface area contributed by atoms with Gasteiger partial charge in [0.1, 0.15) is 5.75 Å². The number of hydrogen-bond donors (Lipinski definition) is 2. The molecule has 0 amide bonds. The number of nitrogens with zero attached hydrogens (tertiary/aromatic N) is 2. The van der Waals surface area contributed by atoms with Gasteiger partial charge in [0, 0.05) is 25.0 Å². The smallest absolute Gasteiger partial charge is 0.203 e. The largest absolute Gasteiger partial charge is 0.453 e. The van der Waals surface area contributed by atoms with E-state index in [-0.39, 0.29) is 11.4 Å². The fourth-order valence-corrected chi connectivity index (χ4v) is 3.79. The fourth-order valence-electron chi connectivity index (χ4n) is 2.74. The lowest BCUT2D eigenvalue weighted by Gasteiger charge is -2.08. The average molecular weight is 398 g/mol. The van der Waals surface area contributed by atoms with E-state index in [1.807, 2.05) is 31.4 Å². The van der Waals surface area contributed by atoms with E-state index in [0.29, 0.717) is 11.3 Å². The second-order valence-corrected chi connectivity index (χ2v) is 7.15. The number of rotatable bonds is 5. The van der Waals surface area contributed by atoms with Gasteiger partial charge < -0.3 is 15.8 Å². The molecule has 0 saturated heterocycles. The van der Waals surface area contributed by atoms with E-state index in [0.717, 1.165) is 27.4 Å². The summed E-state index contributed by atoms with van der Waals surface area (Å²) in [5.74, 6) is -2.09. The summed E-state index contributed by atoms with van der Waals surface area (Å²) in [7, 11) is 1.88. The maximum absolute atomic E-state index is 14.1. The van der Waals surface area contributed by atoms with Gasteiger partial charge in [0.25, 0.3) is 0 Å². The molecule has 0 aliphatic carbocycles. The Morgan fingerprint density at radius 3 is 2.68 bits per heavy atom. The van der Waals surface area contributed by atoms with Crippen LogP contribution in [0.1, 0.15) is 5.56 Å². The SMILES string of the molecule is CNCc1ccc(-c2cc3nccc(Oc4ccc(N)c(F)c4F)c3s2)nc1. The van der Waals surface area contributed by atoms with Gasteiger partial charge in [-0.2, -0.15) is 4.39 Å². The summed E-state index contributed by atoms with van der Waals surface area (Å²) in [6.07, 6.45) is 3.37. The number of anilines is 1.